The molecule has 0 aromatic heterocycles. The summed E-state index contributed by atoms with van der Waals surface area (Å²) in [4.78, 5) is 25.7. The van der Waals surface area contributed by atoms with E-state index in [0.29, 0.717) is 13.2 Å². The number of esters is 2. The van der Waals surface area contributed by atoms with Gasteiger partial charge in [-0.3, -0.25) is 9.59 Å². The molecular weight excluding hydrogens is 376 g/mol. The summed E-state index contributed by atoms with van der Waals surface area (Å²) in [5, 5.41) is 0. The second-order valence-electron chi connectivity index (χ2n) is 9.45. The molecule has 0 aliphatic heterocycles. The highest BCUT2D eigenvalue weighted by molar-refractivity contribution is 5.82. The van der Waals surface area contributed by atoms with Gasteiger partial charge in [-0.15, -0.1) is 0 Å². The van der Waals surface area contributed by atoms with Crippen molar-refractivity contribution in [1.29, 1.82) is 0 Å². The number of ether oxygens (including phenoxy) is 2. The number of rotatable bonds is 16. The van der Waals surface area contributed by atoms with Gasteiger partial charge in [-0.25, -0.2) is 0 Å². The van der Waals surface area contributed by atoms with Crippen molar-refractivity contribution in [2.24, 2.45) is 23.7 Å². The van der Waals surface area contributed by atoms with E-state index in [1.165, 1.54) is 51.4 Å². The van der Waals surface area contributed by atoms with E-state index in [1.807, 2.05) is 0 Å². The van der Waals surface area contributed by atoms with Gasteiger partial charge in [-0.1, -0.05) is 91.9 Å². The first kappa shape index (κ1) is 27.0. The zero-order valence-corrected chi connectivity index (χ0v) is 20.3. The molecule has 0 aromatic carbocycles. The topological polar surface area (TPSA) is 52.6 Å². The van der Waals surface area contributed by atoms with Crippen molar-refractivity contribution in [3.63, 3.8) is 0 Å². The highest BCUT2D eigenvalue weighted by Gasteiger charge is 2.45. The molecule has 4 atom stereocenters. The first-order valence-electron chi connectivity index (χ1n) is 12.9. The molecule has 1 aliphatic rings. The molecule has 1 rings (SSSR count). The molecule has 4 nitrogen and oxygen atoms in total. The molecule has 4 unspecified atom stereocenters. The molecule has 0 radical (unpaired) electrons. The summed E-state index contributed by atoms with van der Waals surface area (Å²) in [6.45, 7) is 9.53. The van der Waals surface area contributed by atoms with E-state index >= 15 is 0 Å². The number of hydrogen-bond donors (Lipinski definition) is 0. The number of hydrogen-bond acceptors (Lipinski definition) is 4. The number of unbranched alkanes of at least 4 members (excludes halogenated alkanes) is 10. The normalized spacial score (nSPS) is 23.9. The summed E-state index contributed by atoms with van der Waals surface area (Å²) in [5.74, 6) is -0.750. The van der Waals surface area contributed by atoms with Crippen LogP contribution in [0.1, 0.15) is 118 Å². The Morgan fingerprint density at radius 1 is 0.600 bits per heavy atom. The number of carbonyl (C=O) groups is 2. The Kier molecular flexibility index (Phi) is 14.9. The van der Waals surface area contributed by atoms with Crippen LogP contribution in [0, 0.1) is 23.7 Å². The predicted molar refractivity (Wildman–Crippen MR) is 123 cm³/mol. The molecule has 0 aromatic rings. The lowest BCUT2D eigenvalue weighted by Crippen LogP contribution is -2.43. The third-order valence-electron chi connectivity index (χ3n) is 6.72. The second kappa shape index (κ2) is 16.6. The van der Waals surface area contributed by atoms with Crippen LogP contribution in [-0.2, 0) is 19.1 Å². The Hall–Kier alpha value is -1.06. The van der Waals surface area contributed by atoms with E-state index in [-0.39, 0.29) is 35.6 Å². The zero-order chi connectivity index (χ0) is 22.2. The van der Waals surface area contributed by atoms with Gasteiger partial charge in [0.2, 0.25) is 0 Å². The lowest BCUT2D eigenvalue weighted by Gasteiger charge is -2.37. The second-order valence-corrected chi connectivity index (χ2v) is 9.45. The SMILES string of the molecule is CCCCCCCCOC(=O)C1C(C)CCC(C)C1C(=O)OCCCCCCCC. The van der Waals surface area contributed by atoms with Crippen molar-refractivity contribution in [3.8, 4) is 0 Å². The van der Waals surface area contributed by atoms with Crippen LogP contribution in [0.4, 0.5) is 0 Å². The summed E-state index contributed by atoms with van der Waals surface area (Å²) < 4.78 is 11.2. The van der Waals surface area contributed by atoms with Crippen molar-refractivity contribution in [2.75, 3.05) is 13.2 Å². The maximum atomic E-state index is 12.9. The van der Waals surface area contributed by atoms with Gasteiger partial charge in [-0.2, -0.15) is 0 Å². The van der Waals surface area contributed by atoms with Gasteiger partial charge in [0.05, 0.1) is 25.0 Å². The zero-order valence-electron chi connectivity index (χ0n) is 20.3. The maximum Gasteiger partial charge on any atom is 0.310 e. The maximum absolute atomic E-state index is 12.9. The molecule has 1 aliphatic carbocycles. The summed E-state index contributed by atoms with van der Waals surface area (Å²) in [7, 11) is 0. The van der Waals surface area contributed by atoms with E-state index in [1.54, 1.807) is 0 Å². The fourth-order valence-electron chi connectivity index (χ4n) is 4.65. The quantitative estimate of drug-likeness (QED) is 0.196. The van der Waals surface area contributed by atoms with Gasteiger partial charge < -0.3 is 9.47 Å². The van der Waals surface area contributed by atoms with Gasteiger partial charge in [0.25, 0.3) is 0 Å². The average Bonchev–Trinajstić information content (AvgIpc) is 2.73. The molecule has 0 bridgehead atoms. The summed E-state index contributed by atoms with van der Waals surface area (Å²) in [6.07, 6.45) is 15.9. The van der Waals surface area contributed by atoms with Crippen molar-refractivity contribution < 1.29 is 19.1 Å². The van der Waals surface area contributed by atoms with Crippen LogP contribution in [0.15, 0.2) is 0 Å². The van der Waals surface area contributed by atoms with Crippen LogP contribution in [0.5, 0.6) is 0 Å². The van der Waals surface area contributed by atoms with Crippen molar-refractivity contribution in [2.45, 2.75) is 118 Å². The molecule has 4 heteroatoms. The van der Waals surface area contributed by atoms with Crippen LogP contribution in [0.2, 0.25) is 0 Å². The Morgan fingerprint density at radius 3 is 1.30 bits per heavy atom. The monoisotopic (exact) mass is 424 g/mol. The van der Waals surface area contributed by atoms with Gasteiger partial charge >= 0.3 is 11.9 Å². The molecule has 176 valence electrons. The van der Waals surface area contributed by atoms with E-state index in [0.717, 1.165) is 38.5 Å². The fraction of sp³-hybridized carbons (Fsp3) is 0.923. The summed E-state index contributed by atoms with van der Waals surface area (Å²) >= 11 is 0. The van der Waals surface area contributed by atoms with Crippen LogP contribution >= 0.6 is 0 Å². The molecule has 0 amide bonds. The fourth-order valence-corrected chi connectivity index (χ4v) is 4.65. The van der Waals surface area contributed by atoms with Gasteiger partial charge in [0.15, 0.2) is 0 Å². The molecule has 0 heterocycles. The summed E-state index contributed by atoms with van der Waals surface area (Å²) in [6, 6.07) is 0. The molecule has 1 saturated carbocycles. The minimum absolute atomic E-state index is 0.171. The van der Waals surface area contributed by atoms with Crippen LogP contribution in [0.25, 0.3) is 0 Å². The molecule has 30 heavy (non-hydrogen) atoms. The number of carbonyl (C=O) groups excluding carboxylic acids is 2. The average molecular weight is 425 g/mol. The first-order valence-corrected chi connectivity index (χ1v) is 12.9. The summed E-state index contributed by atoms with van der Waals surface area (Å²) in [5.41, 5.74) is 0. The lowest BCUT2D eigenvalue weighted by molar-refractivity contribution is -0.168. The standard InChI is InChI=1S/C26H48O4/c1-5-7-9-11-13-15-19-29-25(27)23-21(3)17-18-22(4)24(23)26(28)30-20-16-14-12-10-8-6-2/h21-24H,5-20H2,1-4H3. The Bertz CT molecular complexity index is 420. The van der Waals surface area contributed by atoms with Crippen molar-refractivity contribution in [1.82, 2.24) is 0 Å². The van der Waals surface area contributed by atoms with Crippen molar-refractivity contribution in [3.05, 3.63) is 0 Å². The minimum Gasteiger partial charge on any atom is -0.465 e. The minimum atomic E-state index is -0.356. The van der Waals surface area contributed by atoms with Crippen LogP contribution in [-0.4, -0.2) is 25.2 Å². The molecular formula is C26H48O4. The van der Waals surface area contributed by atoms with E-state index in [2.05, 4.69) is 27.7 Å². The Morgan fingerprint density at radius 2 is 0.933 bits per heavy atom. The predicted octanol–water partition coefficient (Wildman–Crippen LogP) is 7.09. The van der Waals surface area contributed by atoms with Gasteiger partial charge in [0, 0.05) is 0 Å². The highest BCUT2D eigenvalue weighted by atomic mass is 16.5. The van der Waals surface area contributed by atoms with Crippen molar-refractivity contribution >= 4 is 11.9 Å². The van der Waals surface area contributed by atoms with E-state index in [4.69, 9.17) is 9.47 Å². The van der Waals surface area contributed by atoms with E-state index in [9.17, 15) is 9.59 Å². The smallest absolute Gasteiger partial charge is 0.310 e. The highest BCUT2D eigenvalue weighted by Crippen LogP contribution is 2.40. The first-order chi connectivity index (χ1) is 14.5. The Labute approximate surface area is 185 Å². The molecule has 0 N–H and O–H groups in total. The van der Waals surface area contributed by atoms with Crippen LogP contribution in [0.3, 0.4) is 0 Å². The Balaban J connectivity index is 2.43. The van der Waals surface area contributed by atoms with Gasteiger partial charge in [0.1, 0.15) is 0 Å². The third kappa shape index (κ3) is 10.3. The van der Waals surface area contributed by atoms with Gasteiger partial charge in [-0.05, 0) is 37.5 Å². The lowest BCUT2D eigenvalue weighted by atomic mass is 9.67. The molecule has 1 fully saturated rings. The largest absolute Gasteiger partial charge is 0.465 e. The molecule has 0 spiro atoms. The third-order valence-corrected chi connectivity index (χ3v) is 6.72. The van der Waals surface area contributed by atoms with Crippen LogP contribution < -0.4 is 0 Å². The van der Waals surface area contributed by atoms with E-state index < -0.39 is 0 Å². The molecule has 0 saturated heterocycles.